The van der Waals surface area contributed by atoms with Crippen molar-refractivity contribution in [2.24, 2.45) is 4.99 Å². The Hall–Kier alpha value is -3.13. The lowest BCUT2D eigenvalue weighted by Crippen LogP contribution is -2.30. The second-order valence-electron chi connectivity index (χ2n) is 6.31. The predicted molar refractivity (Wildman–Crippen MR) is 118 cm³/mol. The van der Waals surface area contributed by atoms with Crippen molar-refractivity contribution in [2.75, 3.05) is 54.0 Å². The molecule has 2 aromatic rings. The summed E-state index contributed by atoms with van der Waals surface area (Å²) in [4.78, 5) is 4.28. The van der Waals surface area contributed by atoms with Crippen LogP contribution in [0.1, 0.15) is 12.0 Å². The summed E-state index contributed by atoms with van der Waals surface area (Å²) in [6.07, 6.45) is 0.839. The highest BCUT2D eigenvalue weighted by atomic mass is 16.5. The first-order valence-electron chi connectivity index (χ1n) is 9.63. The number of benzene rings is 2. The molecule has 0 heterocycles. The average molecular weight is 418 g/mol. The van der Waals surface area contributed by atoms with Crippen molar-refractivity contribution < 1.29 is 23.7 Å². The van der Waals surface area contributed by atoms with Gasteiger partial charge in [0.1, 0.15) is 5.75 Å². The highest BCUT2D eigenvalue weighted by Crippen LogP contribution is 2.38. The van der Waals surface area contributed by atoms with E-state index in [0.717, 1.165) is 23.4 Å². The van der Waals surface area contributed by atoms with Gasteiger partial charge in [0, 0.05) is 45.5 Å². The normalized spacial score (nSPS) is 11.0. The van der Waals surface area contributed by atoms with Gasteiger partial charge in [0.05, 0.1) is 27.9 Å². The van der Waals surface area contributed by atoms with Crippen LogP contribution in [0, 0.1) is 0 Å². The van der Waals surface area contributed by atoms with E-state index in [4.69, 9.17) is 23.7 Å². The van der Waals surface area contributed by atoms with Gasteiger partial charge >= 0.3 is 0 Å². The maximum absolute atomic E-state index is 5.75. The van der Waals surface area contributed by atoms with E-state index >= 15 is 0 Å². The van der Waals surface area contributed by atoms with Crippen LogP contribution in [-0.4, -0.2) is 54.7 Å². The molecule has 0 saturated carbocycles. The van der Waals surface area contributed by atoms with Crippen LogP contribution in [0.2, 0.25) is 0 Å². The van der Waals surface area contributed by atoms with Gasteiger partial charge in [-0.2, -0.15) is 0 Å². The van der Waals surface area contributed by atoms with E-state index < -0.39 is 0 Å². The van der Waals surface area contributed by atoms with Crippen molar-refractivity contribution >= 4 is 11.6 Å². The van der Waals surface area contributed by atoms with Gasteiger partial charge in [-0.25, -0.2) is 0 Å². The predicted octanol–water partition coefficient (Wildman–Crippen LogP) is 3.32. The van der Waals surface area contributed by atoms with Crippen molar-refractivity contribution in [1.29, 1.82) is 0 Å². The number of hydrogen-bond donors (Lipinski definition) is 2. The molecule has 0 aliphatic rings. The molecule has 0 aliphatic carbocycles. The van der Waals surface area contributed by atoms with E-state index in [9.17, 15) is 0 Å². The van der Waals surface area contributed by atoms with Gasteiger partial charge in [0.25, 0.3) is 0 Å². The number of anilines is 1. The van der Waals surface area contributed by atoms with Crippen LogP contribution in [0.4, 0.5) is 5.69 Å². The zero-order chi connectivity index (χ0) is 21.8. The second-order valence-corrected chi connectivity index (χ2v) is 6.31. The van der Waals surface area contributed by atoms with Gasteiger partial charge in [-0.15, -0.1) is 0 Å². The standard InChI is InChI=1S/C22H31N3O5/c1-23-22(25-17-8-6-9-18(14-17)30-11-7-10-26-2)24-15-16-12-19(27-3)21(29-5)20(13-16)28-4/h6,8-9,12-14H,7,10-11,15H2,1-5H3,(H2,23,24,25). The number of hydrogen-bond acceptors (Lipinski definition) is 6. The summed E-state index contributed by atoms with van der Waals surface area (Å²) in [6, 6.07) is 11.5. The van der Waals surface area contributed by atoms with Gasteiger partial charge in [0.15, 0.2) is 17.5 Å². The lowest BCUT2D eigenvalue weighted by Gasteiger charge is -2.16. The molecular formula is C22H31N3O5. The molecule has 0 atom stereocenters. The van der Waals surface area contributed by atoms with Gasteiger partial charge in [0.2, 0.25) is 5.75 Å². The van der Waals surface area contributed by atoms with Crippen LogP contribution in [-0.2, 0) is 11.3 Å². The second kappa shape index (κ2) is 12.4. The SMILES string of the molecule is CN=C(NCc1cc(OC)c(OC)c(OC)c1)Nc1cccc(OCCCOC)c1. The van der Waals surface area contributed by atoms with Crippen LogP contribution in [0.3, 0.4) is 0 Å². The molecule has 164 valence electrons. The molecule has 0 fully saturated rings. The number of guanidine groups is 1. The molecule has 2 rings (SSSR count). The third-order valence-electron chi connectivity index (χ3n) is 4.27. The Labute approximate surface area is 178 Å². The summed E-state index contributed by atoms with van der Waals surface area (Å²) in [7, 11) is 8.18. The molecule has 0 spiro atoms. The molecule has 0 amide bonds. The van der Waals surface area contributed by atoms with Crippen LogP contribution in [0.15, 0.2) is 41.4 Å². The zero-order valence-corrected chi connectivity index (χ0v) is 18.3. The van der Waals surface area contributed by atoms with Crippen molar-refractivity contribution in [3.8, 4) is 23.0 Å². The molecular weight excluding hydrogens is 386 g/mol. The van der Waals surface area contributed by atoms with Crippen molar-refractivity contribution in [3.05, 3.63) is 42.0 Å². The quantitative estimate of drug-likeness (QED) is 0.330. The molecule has 0 aliphatic heterocycles. The minimum Gasteiger partial charge on any atom is -0.493 e. The summed E-state index contributed by atoms with van der Waals surface area (Å²) < 4.78 is 27.0. The Morgan fingerprint density at radius 2 is 1.67 bits per heavy atom. The van der Waals surface area contributed by atoms with Gasteiger partial charge < -0.3 is 34.3 Å². The average Bonchev–Trinajstić information content (AvgIpc) is 2.78. The summed E-state index contributed by atoms with van der Waals surface area (Å²) in [5, 5.41) is 6.55. The Bertz CT molecular complexity index is 801. The van der Waals surface area contributed by atoms with Crippen molar-refractivity contribution in [1.82, 2.24) is 5.32 Å². The molecule has 0 radical (unpaired) electrons. The third-order valence-corrected chi connectivity index (χ3v) is 4.27. The summed E-state index contributed by atoms with van der Waals surface area (Å²) >= 11 is 0. The van der Waals surface area contributed by atoms with Crippen LogP contribution in [0.25, 0.3) is 0 Å². The van der Waals surface area contributed by atoms with Crippen molar-refractivity contribution in [2.45, 2.75) is 13.0 Å². The van der Waals surface area contributed by atoms with E-state index in [1.54, 1.807) is 35.5 Å². The Balaban J connectivity index is 2.00. The lowest BCUT2D eigenvalue weighted by atomic mass is 10.2. The van der Waals surface area contributed by atoms with E-state index in [1.165, 1.54) is 0 Å². The summed E-state index contributed by atoms with van der Waals surface area (Å²) in [6.45, 7) is 1.80. The number of aliphatic imine (C=N–C) groups is 1. The summed E-state index contributed by atoms with van der Waals surface area (Å²) in [5.74, 6) is 3.19. The number of methoxy groups -OCH3 is 4. The third kappa shape index (κ3) is 6.73. The fraction of sp³-hybridized carbons (Fsp3) is 0.409. The molecule has 2 aromatic carbocycles. The Kier molecular flexibility index (Phi) is 9.60. The van der Waals surface area contributed by atoms with Crippen LogP contribution >= 0.6 is 0 Å². The van der Waals surface area contributed by atoms with E-state index in [1.807, 2.05) is 36.4 Å². The summed E-state index contributed by atoms with van der Waals surface area (Å²) in [5.41, 5.74) is 1.83. The largest absolute Gasteiger partial charge is 0.493 e. The molecule has 2 N–H and O–H groups in total. The molecule has 30 heavy (non-hydrogen) atoms. The minimum absolute atomic E-state index is 0.517. The lowest BCUT2D eigenvalue weighted by molar-refractivity contribution is 0.172. The van der Waals surface area contributed by atoms with E-state index in [2.05, 4.69) is 15.6 Å². The van der Waals surface area contributed by atoms with Gasteiger partial charge in [-0.05, 0) is 29.8 Å². The maximum Gasteiger partial charge on any atom is 0.203 e. The molecule has 0 unspecified atom stereocenters. The van der Waals surface area contributed by atoms with Crippen LogP contribution < -0.4 is 29.6 Å². The number of nitrogens with one attached hydrogen (secondary N) is 2. The zero-order valence-electron chi connectivity index (χ0n) is 18.3. The topological polar surface area (TPSA) is 82.6 Å². The van der Waals surface area contributed by atoms with Gasteiger partial charge in [-0.1, -0.05) is 6.07 Å². The smallest absolute Gasteiger partial charge is 0.203 e. The van der Waals surface area contributed by atoms with Gasteiger partial charge in [-0.3, -0.25) is 4.99 Å². The molecule has 0 saturated heterocycles. The molecule has 8 nitrogen and oxygen atoms in total. The first kappa shape index (κ1) is 23.2. The molecule has 0 bridgehead atoms. The first-order chi connectivity index (χ1) is 14.6. The van der Waals surface area contributed by atoms with Crippen molar-refractivity contribution in [3.63, 3.8) is 0 Å². The molecule has 8 heteroatoms. The maximum atomic E-state index is 5.75. The first-order valence-corrected chi connectivity index (χ1v) is 9.63. The minimum atomic E-state index is 0.517. The highest BCUT2D eigenvalue weighted by Gasteiger charge is 2.13. The number of nitrogens with zero attached hydrogens (tertiary/aromatic N) is 1. The van der Waals surface area contributed by atoms with Crippen LogP contribution in [0.5, 0.6) is 23.0 Å². The number of rotatable bonds is 11. The fourth-order valence-electron chi connectivity index (χ4n) is 2.80. The van der Waals surface area contributed by atoms with E-state index in [0.29, 0.717) is 43.0 Å². The fourth-order valence-corrected chi connectivity index (χ4v) is 2.80. The Morgan fingerprint density at radius 3 is 2.27 bits per heavy atom. The van der Waals surface area contributed by atoms with E-state index in [-0.39, 0.29) is 0 Å². The number of ether oxygens (including phenoxy) is 5. The Morgan fingerprint density at radius 1 is 0.933 bits per heavy atom. The monoisotopic (exact) mass is 417 g/mol. The highest BCUT2D eigenvalue weighted by molar-refractivity contribution is 5.93. The molecule has 0 aromatic heterocycles.